The maximum absolute atomic E-state index is 5.78. The van der Waals surface area contributed by atoms with Gasteiger partial charge in [0, 0.05) is 0 Å². The first-order valence-corrected chi connectivity index (χ1v) is 10.8. The zero-order valence-corrected chi connectivity index (χ0v) is 16.4. The molecule has 0 radical (unpaired) electrons. The fourth-order valence-electron chi connectivity index (χ4n) is 4.71. The zero-order valence-electron chi connectivity index (χ0n) is 16.4. The van der Waals surface area contributed by atoms with Crippen LogP contribution in [-0.2, 0) is 0 Å². The van der Waals surface area contributed by atoms with Crippen LogP contribution in [0.3, 0.4) is 0 Å². The molecule has 0 unspecified atom stereocenters. The van der Waals surface area contributed by atoms with E-state index < -0.39 is 0 Å². The summed E-state index contributed by atoms with van der Waals surface area (Å²) in [7, 11) is 0. The lowest BCUT2D eigenvalue weighted by atomic mass is 9.84. The Morgan fingerprint density at radius 3 is 1.26 bits per heavy atom. The van der Waals surface area contributed by atoms with E-state index in [0.29, 0.717) is 0 Å². The minimum atomic E-state index is 0.256. The molecule has 4 rings (SSSR count). The summed E-state index contributed by atoms with van der Waals surface area (Å²) < 4.78 is 11.6. The molecule has 2 aliphatic carbocycles. The van der Waals surface area contributed by atoms with E-state index in [1.54, 1.807) is 0 Å². The van der Waals surface area contributed by atoms with Crippen LogP contribution in [0.4, 0.5) is 0 Å². The number of rotatable bonds is 6. The molecule has 0 amide bonds. The zero-order chi connectivity index (χ0) is 18.3. The normalized spacial score (nSPS) is 19.0. The van der Waals surface area contributed by atoms with Crippen molar-refractivity contribution >= 4 is 0 Å². The molecule has 2 fully saturated rings. The summed E-state index contributed by atoms with van der Waals surface area (Å²) in [6, 6.07) is 17.2. The Balaban J connectivity index is 1.24. The summed E-state index contributed by atoms with van der Waals surface area (Å²) >= 11 is 0. The van der Waals surface area contributed by atoms with Crippen LogP contribution in [-0.4, -0.2) is 6.79 Å². The molecule has 27 heavy (non-hydrogen) atoms. The molecule has 0 aromatic heterocycles. The van der Waals surface area contributed by atoms with Crippen LogP contribution in [0.2, 0.25) is 0 Å². The van der Waals surface area contributed by atoms with E-state index in [-0.39, 0.29) is 6.79 Å². The van der Waals surface area contributed by atoms with Gasteiger partial charge < -0.3 is 9.47 Å². The molecule has 0 spiro atoms. The lowest BCUT2D eigenvalue weighted by Crippen LogP contribution is -2.07. The molecule has 2 aliphatic rings. The molecule has 2 saturated carbocycles. The van der Waals surface area contributed by atoms with E-state index in [0.717, 1.165) is 23.3 Å². The SMILES string of the molecule is c1cc(C2CCCCC2)ccc1OCOc1ccc(C2CCCCC2)cc1. The maximum atomic E-state index is 5.78. The van der Waals surface area contributed by atoms with Crippen molar-refractivity contribution in [3.63, 3.8) is 0 Å². The molecule has 0 atom stereocenters. The number of hydrogen-bond donors (Lipinski definition) is 0. The second-order valence-corrected chi connectivity index (χ2v) is 8.21. The van der Waals surface area contributed by atoms with Crippen LogP contribution in [0.15, 0.2) is 48.5 Å². The molecule has 0 heterocycles. The first-order chi connectivity index (χ1) is 13.4. The smallest absolute Gasteiger partial charge is 0.230 e. The van der Waals surface area contributed by atoms with Crippen molar-refractivity contribution in [3.05, 3.63) is 59.7 Å². The van der Waals surface area contributed by atoms with Crippen LogP contribution < -0.4 is 9.47 Å². The summed E-state index contributed by atoms with van der Waals surface area (Å²) in [6.45, 7) is 0.256. The molecule has 0 N–H and O–H groups in total. The Morgan fingerprint density at radius 2 is 0.889 bits per heavy atom. The van der Waals surface area contributed by atoms with Gasteiger partial charge in [-0.15, -0.1) is 0 Å². The Labute approximate surface area is 163 Å². The van der Waals surface area contributed by atoms with Crippen LogP contribution in [0.1, 0.15) is 87.2 Å². The van der Waals surface area contributed by atoms with Crippen molar-refractivity contribution in [2.24, 2.45) is 0 Å². The fourth-order valence-corrected chi connectivity index (χ4v) is 4.71. The minimum Gasteiger partial charge on any atom is -0.458 e. The quantitative estimate of drug-likeness (QED) is 0.505. The molecule has 0 saturated heterocycles. The third kappa shape index (κ3) is 5.06. The lowest BCUT2D eigenvalue weighted by molar-refractivity contribution is 0.120. The molecule has 144 valence electrons. The number of hydrogen-bond acceptors (Lipinski definition) is 2. The van der Waals surface area contributed by atoms with Gasteiger partial charge in [-0.1, -0.05) is 62.8 Å². The van der Waals surface area contributed by atoms with E-state index >= 15 is 0 Å². The Hall–Kier alpha value is -1.96. The van der Waals surface area contributed by atoms with Crippen LogP contribution in [0.25, 0.3) is 0 Å². The van der Waals surface area contributed by atoms with Crippen molar-refractivity contribution in [3.8, 4) is 11.5 Å². The van der Waals surface area contributed by atoms with Gasteiger partial charge in [0.05, 0.1) is 0 Å². The van der Waals surface area contributed by atoms with Gasteiger partial charge in [-0.2, -0.15) is 0 Å². The highest BCUT2D eigenvalue weighted by atomic mass is 16.7. The second-order valence-electron chi connectivity index (χ2n) is 8.21. The van der Waals surface area contributed by atoms with E-state index in [4.69, 9.17) is 9.47 Å². The average molecular weight is 365 g/mol. The summed E-state index contributed by atoms with van der Waals surface area (Å²) in [6.07, 6.45) is 13.6. The van der Waals surface area contributed by atoms with Crippen molar-refractivity contribution in [1.82, 2.24) is 0 Å². The Morgan fingerprint density at radius 1 is 0.519 bits per heavy atom. The van der Waals surface area contributed by atoms with Gasteiger partial charge in [-0.05, 0) is 72.9 Å². The first kappa shape index (κ1) is 18.4. The van der Waals surface area contributed by atoms with Gasteiger partial charge >= 0.3 is 0 Å². The molecular formula is C25H32O2. The molecule has 2 aromatic rings. The molecule has 2 aromatic carbocycles. The van der Waals surface area contributed by atoms with E-state index in [9.17, 15) is 0 Å². The van der Waals surface area contributed by atoms with Crippen molar-refractivity contribution in [1.29, 1.82) is 0 Å². The summed E-state index contributed by atoms with van der Waals surface area (Å²) in [5, 5.41) is 0. The minimum absolute atomic E-state index is 0.256. The number of ether oxygens (including phenoxy) is 2. The van der Waals surface area contributed by atoms with Crippen molar-refractivity contribution in [2.75, 3.05) is 6.79 Å². The molecular weight excluding hydrogens is 332 g/mol. The van der Waals surface area contributed by atoms with Gasteiger partial charge in [-0.3, -0.25) is 0 Å². The first-order valence-electron chi connectivity index (χ1n) is 10.8. The van der Waals surface area contributed by atoms with E-state index in [1.165, 1.54) is 75.3 Å². The number of benzene rings is 2. The largest absolute Gasteiger partial charge is 0.458 e. The van der Waals surface area contributed by atoms with E-state index in [2.05, 4.69) is 48.5 Å². The van der Waals surface area contributed by atoms with Crippen LogP contribution in [0, 0.1) is 0 Å². The van der Waals surface area contributed by atoms with E-state index in [1.807, 2.05) is 0 Å². The van der Waals surface area contributed by atoms with Gasteiger partial charge in [0.2, 0.25) is 6.79 Å². The van der Waals surface area contributed by atoms with Gasteiger partial charge in [0.15, 0.2) is 0 Å². The topological polar surface area (TPSA) is 18.5 Å². The average Bonchev–Trinajstić information content (AvgIpc) is 2.76. The highest BCUT2D eigenvalue weighted by molar-refractivity contribution is 5.31. The van der Waals surface area contributed by atoms with Crippen molar-refractivity contribution < 1.29 is 9.47 Å². The molecule has 0 aliphatic heterocycles. The summed E-state index contributed by atoms with van der Waals surface area (Å²) in [5.41, 5.74) is 2.92. The predicted molar refractivity (Wildman–Crippen MR) is 111 cm³/mol. The lowest BCUT2D eigenvalue weighted by Gasteiger charge is -2.22. The monoisotopic (exact) mass is 364 g/mol. The standard InChI is InChI=1S/C25H32O2/c1-3-7-20(8-4-1)22-11-15-24(16-12-22)26-19-27-25-17-13-23(14-18-25)21-9-5-2-6-10-21/h11-18,20-21H,1-10,19H2. The van der Waals surface area contributed by atoms with Gasteiger partial charge in [0.25, 0.3) is 0 Å². The third-order valence-electron chi connectivity index (χ3n) is 6.36. The summed E-state index contributed by atoms with van der Waals surface area (Å²) in [4.78, 5) is 0. The third-order valence-corrected chi connectivity index (χ3v) is 6.36. The van der Waals surface area contributed by atoms with Gasteiger partial charge in [-0.25, -0.2) is 0 Å². The predicted octanol–water partition coefficient (Wildman–Crippen LogP) is 7.20. The fraction of sp³-hybridized carbons (Fsp3) is 0.520. The molecule has 2 heteroatoms. The Kier molecular flexibility index (Phi) is 6.34. The highest BCUT2D eigenvalue weighted by Gasteiger charge is 2.16. The molecule has 0 bridgehead atoms. The summed E-state index contributed by atoms with van der Waals surface area (Å²) in [5.74, 6) is 3.25. The van der Waals surface area contributed by atoms with Crippen LogP contribution in [0.5, 0.6) is 11.5 Å². The second kappa shape index (κ2) is 9.30. The molecule has 2 nitrogen and oxygen atoms in total. The van der Waals surface area contributed by atoms with Gasteiger partial charge in [0.1, 0.15) is 11.5 Å². The highest BCUT2D eigenvalue weighted by Crippen LogP contribution is 2.34. The Bertz CT molecular complexity index is 616. The maximum Gasteiger partial charge on any atom is 0.230 e. The van der Waals surface area contributed by atoms with Crippen molar-refractivity contribution in [2.45, 2.75) is 76.0 Å². The van der Waals surface area contributed by atoms with Crippen LogP contribution >= 0.6 is 0 Å².